The van der Waals surface area contributed by atoms with Crippen molar-refractivity contribution in [2.75, 3.05) is 18.5 Å². The van der Waals surface area contributed by atoms with Gasteiger partial charge in [0.05, 0.1) is 5.69 Å². The average Bonchev–Trinajstić information content (AvgIpc) is 2.68. The van der Waals surface area contributed by atoms with Crippen LogP contribution >= 0.6 is 15.9 Å². The van der Waals surface area contributed by atoms with Crippen LogP contribution in [0.25, 0.3) is 0 Å². The lowest BCUT2D eigenvalue weighted by atomic mass is 10.2. The third-order valence-electron chi connectivity index (χ3n) is 3.83. The molecule has 0 aromatic heterocycles. The second-order valence-corrected chi connectivity index (χ2v) is 6.83. The highest BCUT2D eigenvalue weighted by Crippen LogP contribution is 2.24. The molecular weight excluding hydrogens is 406 g/mol. The van der Waals surface area contributed by atoms with Gasteiger partial charge in [0.1, 0.15) is 24.7 Å². The number of rotatable bonds is 7. The van der Waals surface area contributed by atoms with Gasteiger partial charge in [0.2, 0.25) is 0 Å². The highest BCUT2D eigenvalue weighted by Gasteiger charge is 2.09. The maximum Gasteiger partial charge on any atom is 0.255 e. The number of ether oxygens (including phenoxy) is 2. The van der Waals surface area contributed by atoms with E-state index in [1.54, 1.807) is 18.2 Å². The molecule has 3 aromatic rings. The lowest BCUT2D eigenvalue weighted by Crippen LogP contribution is -2.13. The van der Waals surface area contributed by atoms with Crippen LogP contribution in [0.5, 0.6) is 11.5 Å². The fourth-order valence-corrected chi connectivity index (χ4v) is 3.07. The summed E-state index contributed by atoms with van der Waals surface area (Å²) >= 11 is 3.47. The molecule has 0 atom stereocenters. The molecule has 0 aliphatic carbocycles. The molecular formula is C22H20BrNO3. The number of halogens is 1. The Morgan fingerprint density at radius 3 is 2.33 bits per heavy atom. The maximum atomic E-state index is 12.5. The van der Waals surface area contributed by atoms with Crippen LogP contribution in [0.1, 0.15) is 15.9 Å². The van der Waals surface area contributed by atoms with Gasteiger partial charge in [-0.05, 0) is 70.9 Å². The zero-order valence-corrected chi connectivity index (χ0v) is 16.5. The molecule has 3 rings (SSSR count). The SMILES string of the molecule is Cc1ccc(NC(=O)c2cccc(OCCOc3ccccc3)c2)c(Br)c1. The third kappa shape index (κ3) is 5.59. The molecule has 0 aliphatic heterocycles. The van der Waals surface area contributed by atoms with Crippen LogP contribution in [0.2, 0.25) is 0 Å². The third-order valence-corrected chi connectivity index (χ3v) is 4.49. The maximum absolute atomic E-state index is 12.5. The quantitative estimate of drug-likeness (QED) is 0.510. The normalized spacial score (nSPS) is 10.3. The van der Waals surface area contributed by atoms with Crippen molar-refractivity contribution < 1.29 is 14.3 Å². The van der Waals surface area contributed by atoms with E-state index in [0.717, 1.165) is 21.5 Å². The Bertz CT molecular complexity index is 912. The Balaban J connectivity index is 1.55. The summed E-state index contributed by atoms with van der Waals surface area (Å²) in [7, 11) is 0. The van der Waals surface area contributed by atoms with Gasteiger partial charge in [-0.1, -0.05) is 30.3 Å². The zero-order chi connectivity index (χ0) is 19.1. The highest BCUT2D eigenvalue weighted by molar-refractivity contribution is 9.10. The number of hydrogen-bond donors (Lipinski definition) is 1. The van der Waals surface area contributed by atoms with E-state index >= 15 is 0 Å². The molecule has 1 amide bonds. The Morgan fingerprint density at radius 2 is 1.59 bits per heavy atom. The van der Waals surface area contributed by atoms with E-state index in [-0.39, 0.29) is 5.91 Å². The van der Waals surface area contributed by atoms with E-state index in [4.69, 9.17) is 9.47 Å². The van der Waals surface area contributed by atoms with E-state index in [1.165, 1.54) is 0 Å². The van der Waals surface area contributed by atoms with Crippen molar-refractivity contribution in [1.82, 2.24) is 0 Å². The molecule has 0 fully saturated rings. The number of carbonyl (C=O) groups is 1. The molecule has 0 heterocycles. The number of hydrogen-bond acceptors (Lipinski definition) is 3. The first-order chi connectivity index (χ1) is 13.1. The monoisotopic (exact) mass is 425 g/mol. The first-order valence-electron chi connectivity index (χ1n) is 8.60. The van der Waals surface area contributed by atoms with Crippen molar-refractivity contribution >= 4 is 27.5 Å². The number of benzene rings is 3. The fourth-order valence-electron chi connectivity index (χ4n) is 2.48. The summed E-state index contributed by atoms with van der Waals surface area (Å²) in [5, 5.41) is 2.90. The van der Waals surface area contributed by atoms with Crippen molar-refractivity contribution in [2.24, 2.45) is 0 Å². The number of para-hydroxylation sites is 1. The van der Waals surface area contributed by atoms with E-state index < -0.39 is 0 Å². The molecule has 0 saturated carbocycles. The first kappa shape index (κ1) is 19.0. The van der Waals surface area contributed by atoms with Crippen molar-refractivity contribution in [3.63, 3.8) is 0 Å². The van der Waals surface area contributed by atoms with Gasteiger partial charge in [0.15, 0.2) is 0 Å². The zero-order valence-electron chi connectivity index (χ0n) is 14.9. The molecule has 1 N–H and O–H groups in total. The molecule has 5 heteroatoms. The highest BCUT2D eigenvalue weighted by atomic mass is 79.9. The number of amides is 1. The van der Waals surface area contributed by atoms with Gasteiger partial charge < -0.3 is 14.8 Å². The summed E-state index contributed by atoms with van der Waals surface area (Å²) in [6.45, 7) is 2.82. The van der Waals surface area contributed by atoms with E-state index in [9.17, 15) is 4.79 Å². The van der Waals surface area contributed by atoms with Gasteiger partial charge in [-0.2, -0.15) is 0 Å². The summed E-state index contributed by atoms with van der Waals surface area (Å²) in [5.74, 6) is 1.24. The predicted octanol–water partition coefficient (Wildman–Crippen LogP) is 5.47. The molecule has 0 unspecified atom stereocenters. The molecule has 138 valence electrons. The van der Waals surface area contributed by atoms with E-state index in [1.807, 2.05) is 61.5 Å². The van der Waals surface area contributed by atoms with E-state index in [0.29, 0.717) is 24.5 Å². The van der Waals surface area contributed by atoms with Crippen LogP contribution < -0.4 is 14.8 Å². The van der Waals surface area contributed by atoms with Gasteiger partial charge in [-0.15, -0.1) is 0 Å². The average molecular weight is 426 g/mol. The molecule has 0 bridgehead atoms. The van der Waals surface area contributed by atoms with Crippen LogP contribution in [-0.4, -0.2) is 19.1 Å². The summed E-state index contributed by atoms with van der Waals surface area (Å²) < 4.78 is 12.1. The van der Waals surface area contributed by atoms with Crippen LogP contribution in [-0.2, 0) is 0 Å². The van der Waals surface area contributed by atoms with Crippen LogP contribution in [0, 0.1) is 6.92 Å². The number of anilines is 1. The number of aryl methyl sites for hydroxylation is 1. The summed E-state index contributed by atoms with van der Waals surface area (Å²) in [6.07, 6.45) is 0. The lowest BCUT2D eigenvalue weighted by molar-refractivity contribution is 0.102. The minimum Gasteiger partial charge on any atom is -0.490 e. The van der Waals surface area contributed by atoms with Crippen LogP contribution in [0.15, 0.2) is 77.3 Å². The molecule has 0 radical (unpaired) electrons. The van der Waals surface area contributed by atoms with E-state index in [2.05, 4.69) is 21.2 Å². The minimum atomic E-state index is -0.189. The Kier molecular flexibility index (Phi) is 6.49. The summed E-state index contributed by atoms with van der Waals surface area (Å²) in [6, 6.07) is 22.5. The van der Waals surface area contributed by atoms with Gasteiger partial charge in [0, 0.05) is 10.0 Å². The number of nitrogens with one attached hydrogen (secondary N) is 1. The molecule has 3 aromatic carbocycles. The summed E-state index contributed by atoms with van der Waals surface area (Å²) in [5.41, 5.74) is 2.38. The first-order valence-corrected chi connectivity index (χ1v) is 9.39. The number of carbonyl (C=O) groups excluding carboxylic acids is 1. The molecule has 27 heavy (non-hydrogen) atoms. The van der Waals surface area contributed by atoms with Crippen molar-refractivity contribution in [3.8, 4) is 11.5 Å². The lowest BCUT2D eigenvalue weighted by Gasteiger charge is -2.11. The van der Waals surface area contributed by atoms with Gasteiger partial charge in [0.25, 0.3) is 5.91 Å². The molecule has 0 aliphatic rings. The Labute approximate surface area is 167 Å². The summed E-state index contributed by atoms with van der Waals surface area (Å²) in [4.78, 5) is 12.5. The fraction of sp³-hybridized carbons (Fsp3) is 0.136. The van der Waals surface area contributed by atoms with Crippen LogP contribution in [0.4, 0.5) is 5.69 Å². The van der Waals surface area contributed by atoms with Crippen LogP contribution in [0.3, 0.4) is 0 Å². The van der Waals surface area contributed by atoms with Gasteiger partial charge in [-0.25, -0.2) is 0 Å². The Hall–Kier alpha value is -2.79. The topological polar surface area (TPSA) is 47.6 Å². The van der Waals surface area contributed by atoms with Crippen molar-refractivity contribution in [2.45, 2.75) is 6.92 Å². The van der Waals surface area contributed by atoms with Gasteiger partial charge >= 0.3 is 0 Å². The molecule has 0 spiro atoms. The predicted molar refractivity (Wildman–Crippen MR) is 111 cm³/mol. The van der Waals surface area contributed by atoms with Crippen molar-refractivity contribution in [3.05, 3.63) is 88.4 Å². The van der Waals surface area contributed by atoms with Gasteiger partial charge in [-0.3, -0.25) is 4.79 Å². The largest absolute Gasteiger partial charge is 0.490 e. The van der Waals surface area contributed by atoms with Crippen molar-refractivity contribution in [1.29, 1.82) is 0 Å². The second kappa shape index (κ2) is 9.24. The smallest absolute Gasteiger partial charge is 0.255 e. The molecule has 4 nitrogen and oxygen atoms in total. The molecule has 0 saturated heterocycles. The Morgan fingerprint density at radius 1 is 0.889 bits per heavy atom. The second-order valence-electron chi connectivity index (χ2n) is 5.98. The standard InChI is InChI=1S/C22H20BrNO3/c1-16-10-11-21(20(23)14-16)24-22(25)17-6-5-9-19(15-17)27-13-12-26-18-7-3-2-4-8-18/h2-11,14-15H,12-13H2,1H3,(H,24,25). The minimum absolute atomic E-state index is 0.189.